The van der Waals surface area contributed by atoms with Crippen molar-refractivity contribution < 1.29 is 14.7 Å². The van der Waals surface area contributed by atoms with Crippen LogP contribution < -0.4 is 0 Å². The zero-order chi connectivity index (χ0) is 11.0. The molecule has 1 amide bonds. The summed E-state index contributed by atoms with van der Waals surface area (Å²) in [5, 5.41) is 9.09. The van der Waals surface area contributed by atoms with Crippen LogP contribution in [-0.2, 0) is 9.59 Å². The van der Waals surface area contributed by atoms with Gasteiger partial charge in [-0.2, -0.15) is 0 Å². The zero-order valence-electron chi connectivity index (χ0n) is 8.98. The molecule has 0 aromatic heterocycles. The van der Waals surface area contributed by atoms with Gasteiger partial charge >= 0.3 is 5.97 Å². The van der Waals surface area contributed by atoms with Gasteiger partial charge in [0, 0.05) is 19.0 Å². The van der Waals surface area contributed by atoms with Crippen molar-refractivity contribution in [3.8, 4) is 0 Å². The third-order valence-electron chi connectivity index (χ3n) is 3.72. The van der Waals surface area contributed by atoms with Crippen molar-refractivity contribution in [3.63, 3.8) is 0 Å². The Morgan fingerprint density at radius 2 is 2.13 bits per heavy atom. The van der Waals surface area contributed by atoms with Crippen molar-refractivity contribution in [2.24, 2.45) is 11.8 Å². The number of carbonyl (C=O) groups excluding carboxylic acids is 1. The monoisotopic (exact) mass is 211 g/mol. The minimum atomic E-state index is -0.738. The molecule has 1 saturated carbocycles. The Bertz CT molecular complexity index is 290. The van der Waals surface area contributed by atoms with Gasteiger partial charge in [0.2, 0.25) is 5.91 Å². The van der Waals surface area contributed by atoms with Gasteiger partial charge in [-0.05, 0) is 25.2 Å². The van der Waals surface area contributed by atoms with E-state index in [1.54, 1.807) is 4.90 Å². The van der Waals surface area contributed by atoms with Crippen LogP contribution >= 0.6 is 0 Å². The number of hydrogen-bond donors (Lipinski definition) is 1. The number of fused-ring (bicyclic) bond motifs is 3. The highest BCUT2D eigenvalue weighted by Crippen LogP contribution is 2.39. The van der Waals surface area contributed by atoms with Gasteiger partial charge in [-0.25, -0.2) is 0 Å². The van der Waals surface area contributed by atoms with Gasteiger partial charge < -0.3 is 10.0 Å². The topological polar surface area (TPSA) is 57.6 Å². The lowest BCUT2D eigenvalue weighted by Gasteiger charge is -2.48. The van der Waals surface area contributed by atoms with Crippen LogP contribution in [0.15, 0.2) is 0 Å². The van der Waals surface area contributed by atoms with Crippen LogP contribution in [0, 0.1) is 11.8 Å². The van der Waals surface area contributed by atoms with Crippen LogP contribution in [0.2, 0.25) is 0 Å². The summed E-state index contributed by atoms with van der Waals surface area (Å²) in [6, 6.07) is -0.0417. The molecule has 4 nitrogen and oxygen atoms in total. The summed E-state index contributed by atoms with van der Waals surface area (Å²) >= 11 is 0. The molecule has 0 aromatic carbocycles. The van der Waals surface area contributed by atoms with Crippen molar-refractivity contribution in [3.05, 3.63) is 0 Å². The van der Waals surface area contributed by atoms with Crippen LogP contribution in [0.1, 0.15) is 32.6 Å². The van der Waals surface area contributed by atoms with E-state index in [1.165, 1.54) is 0 Å². The van der Waals surface area contributed by atoms with E-state index in [9.17, 15) is 9.59 Å². The fourth-order valence-corrected chi connectivity index (χ4v) is 2.95. The first kappa shape index (κ1) is 10.5. The number of amides is 1. The molecule has 2 heterocycles. The largest absolute Gasteiger partial charge is 0.481 e. The number of hydrogen-bond acceptors (Lipinski definition) is 2. The van der Waals surface area contributed by atoms with E-state index in [1.807, 2.05) is 6.92 Å². The van der Waals surface area contributed by atoms with Crippen molar-refractivity contribution >= 4 is 11.9 Å². The number of carboxylic acid groups (broad SMARTS) is 1. The lowest BCUT2D eigenvalue weighted by Crippen LogP contribution is -2.57. The Kier molecular flexibility index (Phi) is 2.67. The second-order valence-electron chi connectivity index (χ2n) is 4.59. The van der Waals surface area contributed by atoms with Crippen molar-refractivity contribution in [2.75, 3.05) is 6.54 Å². The summed E-state index contributed by atoms with van der Waals surface area (Å²) in [7, 11) is 0. The van der Waals surface area contributed by atoms with Crippen LogP contribution in [0.25, 0.3) is 0 Å². The number of rotatable bonds is 2. The summed E-state index contributed by atoms with van der Waals surface area (Å²) < 4.78 is 0. The van der Waals surface area contributed by atoms with Crippen LogP contribution in [-0.4, -0.2) is 34.5 Å². The zero-order valence-corrected chi connectivity index (χ0v) is 8.98. The first-order chi connectivity index (χ1) is 7.13. The molecule has 3 rings (SSSR count). The molecule has 3 aliphatic rings. The van der Waals surface area contributed by atoms with Crippen LogP contribution in [0.3, 0.4) is 0 Å². The van der Waals surface area contributed by atoms with Gasteiger partial charge in [-0.15, -0.1) is 0 Å². The molecule has 3 fully saturated rings. The lowest BCUT2D eigenvalue weighted by molar-refractivity contribution is -0.155. The van der Waals surface area contributed by atoms with E-state index in [2.05, 4.69) is 0 Å². The van der Waals surface area contributed by atoms with E-state index < -0.39 is 5.97 Å². The summed E-state index contributed by atoms with van der Waals surface area (Å²) in [4.78, 5) is 24.5. The predicted octanol–water partition coefficient (Wildman–Crippen LogP) is 1.11. The minimum absolute atomic E-state index is 0.0417. The number of carbonyl (C=O) groups is 2. The second kappa shape index (κ2) is 3.83. The minimum Gasteiger partial charge on any atom is -0.481 e. The van der Waals surface area contributed by atoms with Crippen LogP contribution in [0.5, 0.6) is 0 Å². The van der Waals surface area contributed by atoms with Gasteiger partial charge in [0.05, 0.1) is 5.92 Å². The molecule has 1 aliphatic carbocycles. The Morgan fingerprint density at radius 3 is 2.67 bits per heavy atom. The maximum Gasteiger partial charge on any atom is 0.308 e. The molecule has 15 heavy (non-hydrogen) atoms. The molecule has 3 unspecified atom stereocenters. The molecule has 0 spiro atoms. The summed E-state index contributed by atoms with van der Waals surface area (Å²) in [5.41, 5.74) is 0. The Hall–Kier alpha value is -1.06. The number of aliphatic carboxylic acids is 1. The molecule has 1 N–H and O–H groups in total. The first-order valence-corrected chi connectivity index (χ1v) is 5.65. The average molecular weight is 211 g/mol. The van der Waals surface area contributed by atoms with Crippen molar-refractivity contribution in [1.82, 2.24) is 4.90 Å². The van der Waals surface area contributed by atoms with Gasteiger partial charge in [-0.1, -0.05) is 6.92 Å². The van der Waals surface area contributed by atoms with E-state index in [4.69, 9.17) is 5.11 Å². The molecule has 0 radical (unpaired) electrons. The molecular formula is C11H17NO3. The first-order valence-electron chi connectivity index (χ1n) is 5.65. The molecule has 2 saturated heterocycles. The average Bonchev–Trinajstić information content (AvgIpc) is 2.28. The highest BCUT2D eigenvalue weighted by molar-refractivity contribution is 5.78. The summed E-state index contributed by atoms with van der Waals surface area (Å²) in [6.45, 7) is 2.61. The van der Waals surface area contributed by atoms with Gasteiger partial charge in [0.15, 0.2) is 0 Å². The van der Waals surface area contributed by atoms with Crippen molar-refractivity contribution in [2.45, 2.75) is 38.6 Å². The molecular weight excluding hydrogens is 194 g/mol. The maximum atomic E-state index is 11.7. The predicted molar refractivity (Wildman–Crippen MR) is 54.3 cm³/mol. The molecule has 0 aromatic rings. The molecule has 2 bridgehead atoms. The highest BCUT2D eigenvalue weighted by Gasteiger charge is 2.45. The van der Waals surface area contributed by atoms with Gasteiger partial charge in [-0.3, -0.25) is 9.59 Å². The summed E-state index contributed by atoms with van der Waals surface area (Å²) in [6.07, 6.45) is 3.19. The van der Waals surface area contributed by atoms with Crippen molar-refractivity contribution in [1.29, 1.82) is 0 Å². The van der Waals surface area contributed by atoms with E-state index in [0.717, 1.165) is 25.8 Å². The molecule has 3 atom stereocenters. The number of carboxylic acids is 1. The number of piperidine rings is 2. The smallest absolute Gasteiger partial charge is 0.308 e. The van der Waals surface area contributed by atoms with Gasteiger partial charge in [0.1, 0.15) is 0 Å². The third-order valence-corrected chi connectivity index (χ3v) is 3.72. The molecule has 84 valence electrons. The Labute approximate surface area is 89.3 Å². The third kappa shape index (κ3) is 1.73. The standard InChI is InChI=1S/C11H17NO3/c1-2-10(13)12-6-7-3-4-9(12)8(5-7)11(14)15/h7-9H,2-6H2,1H3,(H,14,15). The van der Waals surface area contributed by atoms with E-state index >= 15 is 0 Å². The highest BCUT2D eigenvalue weighted by atomic mass is 16.4. The SMILES string of the molecule is CCC(=O)N1CC2CCC1C(C(=O)O)C2. The van der Waals surface area contributed by atoms with E-state index in [-0.39, 0.29) is 17.9 Å². The fraction of sp³-hybridized carbons (Fsp3) is 0.818. The fourth-order valence-electron chi connectivity index (χ4n) is 2.95. The molecule has 2 aliphatic heterocycles. The summed E-state index contributed by atoms with van der Waals surface area (Å²) in [5.74, 6) is -0.548. The lowest BCUT2D eigenvalue weighted by atomic mass is 9.72. The maximum absolute atomic E-state index is 11.7. The molecule has 4 heteroatoms. The Morgan fingerprint density at radius 1 is 1.40 bits per heavy atom. The number of nitrogens with zero attached hydrogens (tertiary/aromatic N) is 1. The Balaban J connectivity index is 2.16. The van der Waals surface area contributed by atoms with Crippen LogP contribution in [0.4, 0.5) is 0 Å². The van der Waals surface area contributed by atoms with E-state index in [0.29, 0.717) is 12.3 Å². The normalized spacial score (nSPS) is 34.2. The quantitative estimate of drug-likeness (QED) is 0.744. The van der Waals surface area contributed by atoms with Gasteiger partial charge in [0.25, 0.3) is 0 Å². The second-order valence-corrected chi connectivity index (χ2v) is 4.59.